The van der Waals surface area contributed by atoms with Crippen molar-refractivity contribution in [1.82, 2.24) is 10.2 Å². The highest BCUT2D eigenvalue weighted by Crippen LogP contribution is 2.51. The molecule has 0 N–H and O–H groups in total. The van der Waals surface area contributed by atoms with Crippen LogP contribution in [-0.4, -0.2) is 10.2 Å². The van der Waals surface area contributed by atoms with Gasteiger partial charge in [-0.1, -0.05) is 39.0 Å². The second-order valence-corrected chi connectivity index (χ2v) is 8.79. The van der Waals surface area contributed by atoms with Crippen LogP contribution in [0, 0.1) is 27.7 Å². The Kier molecular flexibility index (Phi) is 4.18. The van der Waals surface area contributed by atoms with E-state index in [0.717, 1.165) is 34.4 Å². The van der Waals surface area contributed by atoms with Gasteiger partial charge in [0.2, 0.25) is 5.82 Å². The number of benzene rings is 2. The Morgan fingerprint density at radius 3 is 2.14 bits per heavy atom. The molecule has 0 bridgehead atoms. The summed E-state index contributed by atoms with van der Waals surface area (Å²) in [6, 6.07) is 12.8. The molecule has 2 aromatic carbocycles. The zero-order valence-electron chi connectivity index (χ0n) is 17.7. The largest absolute Gasteiger partial charge is 0.451 e. The van der Waals surface area contributed by atoms with Crippen LogP contribution in [0.3, 0.4) is 0 Å². The number of aryl methyl sites for hydroxylation is 4. The summed E-state index contributed by atoms with van der Waals surface area (Å²) in [6.07, 6.45) is 0. The predicted molar refractivity (Wildman–Crippen MR) is 114 cm³/mol. The second-order valence-electron chi connectivity index (χ2n) is 8.79. The first-order valence-corrected chi connectivity index (χ1v) is 9.70. The Morgan fingerprint density at radius 1 is 0.821 bits per heavy atom. The summed E-state index contributed by atoms with van der Waals surface area (Å²) in [4.78, 5) is 2.20. The van der Waals surface area contributed by atoms with E-state index < -0.39 is 0 Å². The first kappa shape index (κ1) is 18.5. The summed E-state index contributed by atoms with van der Waals surface area (Å²) in [7, 11) is 0. The molecule has 0 spiro atoms. The molecule has 144 valence electrons. The summed E-state index contributed by atoms with van der Waals surface area (Å²) in [5.74, 6) is 2.31. The third-order valence-electron chi connectivity index (χ3n) is 5.23. The van der Waals surface area contributed by atoms with Crippen LogP contribution in [0.4, 0.5) is 17.2 Å². The molecule has 1 aliphatic rings. The smallest absolute Gasteiger partial charge is 0.203 e. The number of anilines is 3. The van der Waals surface area contributed by atoms with E-state index in [2.05, 4.69) is 80.9 Å². The summed E-state index contributed by atoms with van der Waals surface area (Å²) in [5, 5.41) is 8.82. The molecular formula is C24H27N3O. The molecule has 1 aliphatic heterocycles. The zero-order valence-corrected chi connectivity index (χ0v) is 17.7. The molecule has 0 aliphatic carbocycles. The standard InChI is InChI=1S/C24H27N3O/c1-14-8-9-20-19(10-14)27(23-21(28-20)13-17(4)25-26-23)22-15(2)11-18(12-16(22)3)24(5,6)7/h8-13H,1-7H3. The molecule has 3 aromatic rings. The maximum atomic E-state index is 6.18. The molecule has 1 aromatic heterocycles. The molecule has 0 fully saturated rings. The molecule has 0 saturated carbocycles. The van der Waals surface area contributed by atoms with Gasteiger partial charge in [0.05, 0.1) is 17.1 Å². The summed E-state index contributed by atoms with van der Waals surface area (Å²) in [5.41, 5.74) is 8.02. The molecular weight excluding hydrogens is 346 g/mol. The minimum atomic E-state index is 0.0996. The lowest BCUT2D eigenvalue weighted by molar-refractivity contribution is 0.471. The summed E-state index contributed by atoms with van der Waals surface area (Å²) >= 11 is 0. The molecule has 2 heterocycles. The van der Waals surface area contributed by atoms with Crippen LogP contribution in [0.15, 0.2) is 36.4 Å². The van der Waals surface area contributed by atoms with Gasteiger partial charge in [-0.15, -0.1) is 5.10 Å². The lowest BCUT2D eigenvalue weighted by Gasteiger charge is -2.34. The van der Waals surface area contributed by atoms with Crippen molar-refractivity contribution in [1.29, 1.82) is 0 Å². The average molecular weight is 374 g/mol. The first-order valence-electron chi connectivity index (χ1n) is 9.70. The van der Waals surface area contributed by atoms with Gasteiger partial charge < -0.3 is 4.74 Å². The molecule has 4 heteroatoms. The molecule has 0 amide bonds. The van der Waals surface area contributed by atoms with E-state index in [4.69, 9.17) is 4.74 Å². The number of hydrogen-bond donors (Lipinski definition) is 0. The first-order chi connectivity index (χ1) is 13.1. The summed E-state index contributed by atoms with van der Waals surface area (Å²) in [6.45, 7) is 15.1. The molecule has 0 radical (unpaired) electrons. The van der Waals surface area contributed by atoms with Crippen LogP contribution in [-0.2, 0) is 5.41 Å². The van der Waals surface area contributed by atoms with Crippen molar-refractivity contribution in [3.05, 3.63) is 64.3 Å². The highest BCUT2D eigenvalue weighted by atomic mass is 16.5. The maximum absolute atomic E-state index is 6.18. The van der Waals surface area contributed by atoms with Gasteiger partial charge in [0.15, 0.2) is 11.5 Å². The van der Waals surface area contributed by atoms with Crippen LogP contribution in [0.1, 0.15) is 48.7 Å². The van der Waals surface area contributed by atoms with E-state index in [-0.39, 0.29) is 5.41 Å². The van der Waals surface area contributed by atoms with E-state index in [1.165, 1.54) is 22.3 Å². The Hall–Kier alpha value is -2.88. The number of rotatable bonds is 1. The van der Waals surface area contributed by atoms with Gasteiger partial charge in [-0.25, -0.2) is 0 Å². The Balaban J connectivity index is 1.99. The lowest BCUT2D eigenvalue weighted by atomic mass is 9.84. The second kappa shape index (κ2) is 6.33. The average Bonchev–Trinajstić information content (AvgIpc) is 2.60. The van der Waals surface area contributed by atoms with E-state index in [1.807, 2.05) is 19.1 Å². The fourth-order valence-electron chi connectivity index (χ4n) is 3.78. The molecule has 0 unspecified atom stereocenters. The number of aromatic nitrogens is 2. The van der Waals surface area contributed by atoms with Gasteiger partial charge in [0.1, 0.15) is 0 Å². The van der Waals surface area contributed by atoms with Crippen molar-refractivity contribution in [2.24, 2.45) is 0 Å². The number of nitrogens with zero attached hydrogens (tertiary/aromatic N) is 3. The van der Waals surface area contributed by atoms with E-state index in [1.54, 1.807) is 0 Å². The van der Waals surface area contributed by atoms with Gasteiger partial charge in [0, 0.05) is 6.07 Å². The van der Waals surface area contributed by atoms with Crippen LogP contribution in [0.5, 0.6) is 11.5 Å². The van der Waals surface area contributed by atoms with E-state index in [9.17, 15) is 0 Å². The van der Waals surface area contributed by atoms with Gasteiger partial charge in [-0.05, 0) is 67.5 Å². The van der Waals surface area contributed by atoms with Gasteiger partial charge in [0.25, 0.3) is 0 Å². The van der Waals surface area contributed by atoms with Crippen LogP contribution in [0.25, 0.3) is 0 Å². The quantitative estimate of drug-likeness (QED) is 0.377. The topological polar surface area (TPSA) is 38.2 Å². The van der Waals surface area contributed by atoms with E-state index >= 15 is 0 Å². The molecule has 0 atom stereocenters. The highest BCUT2D eigenvalue weighted by Gasteiger charge is 2.30. The Labute approximate surface area is 167 Å². The van der Waals surface area contributed by atoms with Crippen molar-refractivity contribution >= 4 is 17.2 Å². The third kappa shape index (κ3) is 3.03. The van der Waals surface area contributed by atoms with Crippen molar-refractivity contribution in [3.8, 4) is 11.5 Å². The summed E-state index contributed by atoms with van der Waals surface area (Å²) < 4.78 is 6.18. The number of fused-ring (bicyclic) bond motifs is 2. The molecule has 28 heavy (non-hydrogen) atoms. The normalized spacial score (nSPS) is 13.0. The highest BCUT2D eigenvalue weighted by molar-refractivity contribution is 5.87. The zero-order chi connectivity index (χ0) is 20.2. The van der Waals surface area contributed by atoms with Gasteiger partial charge in [-0.3, -0.25) is 4.90 Å². The molecule has 4 nitrogen and oxygen atoms in total. The maximum Gasteiger partial charge on any atom is 0.203 e. The van der Waals surface area contributed by atoms with Crippen LogP contribution in [0.2, 0.25) is 0 Å². The molecule has 0 saturated heterocycles. The number of hydrogen-bond acceptors (Lipinski definition) is 4. The predicted octanol–water partition coefficient (Wildman–Crippen LogP) is 6.58. The number of ether oxygens (including phenoxy) is 1. The fraction of sp³-hybridized carbons (Fsp3) is 0.333. The van der Waals surface area contributed by atoms with Crippen molar-refractivity contribution in [2.75, 3.05) is 4.90 Å². The Bertz CT molecular complexity index is 1060. The van der Waals surface area contributed by atoms with Crippen LogP contribution < -0.4 is 9.64 Å². The fourth-order valence-corrected chi connectivity index (χ4v) is 3.78. The van der Waals surface area contributed by atoms with Gasteiger partial charge in [-0.2, -0.15) is 5.10 Å². The molecule has 4 rings (SSSR count). The monoisotopic (exact) mass is 373 g/mol. The minimum absolute atomic E-state index is 0.0996. The van der Waals surface area contributed by atoms with Gasteiger partial charge >= 0.3 is 0 Å². The van der Waals surface area contributed by atoms with Crippen LogP contribution >= 0.6 is 0 Å². The Morgan fingerprint density at radius 2 is 1.50 bits per heavy atom. The van der Waals surface area contributed by atoms with Crippen molar-refractivity contribution < 1.29 is 4.74 Å². The van der Waals surface area contributed by atoms with E-state index in [0.29, 0.717) is 0 Å². The van der Waals surface area contributed by atoms with Crippen molar-refractivity contribution in [3.63, 3.8) is 0 Å². The van der Waals surface area contributed by atoms with Crippen molar-refractivity contribution in [2.45, 2.75) is 53.9 Å². The third-order valence-corrected chi connectivity index (χ3v) is 5.23. The lowest BCUT2D eigenvalue weighted by Crippen LogP contribution is -2.21. The minimum Gasteiger partial charge on any atom is -0.451 e. The SMILES string of the molecule is Cc1ccc2c(c1)N(c1c(C)cc(C(C)(C)C)cc1C)c1nnc(C)cc1O2.